The molecule has 100 valence electrons. The van der Waals surface area contributed by atoms with Crippen LogP contribution in [0.15, 0.2) is 30.5 Å². The molecule has 0 amide bonds. The van der Waals surface area contributed by atoms with Crippen LogP contribution in [0.5, 0.6) is 0 Å². The lowest BCUT2D eigenvalue weighted by molar-refractivity contribution is 0.420. The smallest absolute Gasteiger partial charge is 0.222 e. The number of nitrogen functional groups attached to an aromatic ring is 1. The predicted molar refractivity (Wildman–Crippen MR) is 78.1 cm³/mol. The van der Waals surface area contributed by atoms with Gasteiger partial charge in [0.05, 0.1) is 17.3 Å². The summed E-state index contributed by atoms with van der Waals surface area (Å²) in [5.41, 5.74) is 9.90. The van der Waals surface area contributed by atoms with Gasteiger partial charge < -0.3 is 5.73 Å². The average molecular weight is 265 g/mol. The van der Waals surface area contributed by atoms with Crippen LogP contribution in [-0.4, -0.2) is 20.2 Å². The Morgan fingerprint density at radius 3 is 2.80 bits per heavy atom. The molecule has 1 saturated carbocycles. The molecule has 0 spiro atoms. The number of rotatable bonds is 2. The summed E-state index contributed by atoms with van der Waals surface area (Å²) >= 11 is 0. The van der Waals surface area contributed by atoms with E-state index >= 15 is 0 Å². The maximum atomic E-state index is 5.82. The molecule has 3 aromatic rings. The Morgan fingerprint density at radius 1 is 1.15 bits per heavy atom. The number of nitrogens with two attached hydrogens (primary N) is 1. The summed E-state index contributed by atoms with van der Waals surface area (Å²) in [6, 6.07) is 8.45. The van der Waals surface area contributed by atoms with Gasteiger partial charge in [-0.2, -0.15) is 10.1 Å². The van der Waals surface area contributed by atoms with Crippen LogP contribution in [0.2, 0.25) is 0 Å². The zero-order chi connectivity index (χ0) is 13.5. The van der Waals surface area contributed by atoms with E-state index < -0.39 is 0 Å². The van der Waals surface area contributed by atoms with Gasteiger partial charge in [0.25, 0.3) is 0 Å². The maximum Gasteiger partial charge on any atom is 0.222 e. The molecule has 1 aliphatic rings. The molecule has 2 aromatic heterocycles. The second-order valence-electron chi connectivity index (χ2n) is 5.28. The lowest BCUT2D eigenvalue weighted by Crippen LogP contribution is -2.10. The molecule has 2 heterocycles. The fraction of sp³-hybridized carbons (Fsp3) is 0.267. The zero-order valence-corrected chi connectivity index (χ0v) is 11.0. The third-order valence-corrected chi connectivity index (χ3v) is 4.09. The van der Waals surface area contributed by atoms with E-state index in [0.29, 0.717) is 11.6 Å². The van der Waals surface area contributed by atoms with E-state index in [-0.39, 0.29) is 5.95 Å². The molecule has 1 aromatic carbocycles. The Hall–Kier alpha value is -2.43. The topological polar surface area (TPSA) is 80.5 Å². The van der Waals surface area contributed by atoms with Crippen LogP contribution in [0.3, 0.4) is 0 Å². The average Bonchev–Trinajstić information content (AvgIpc) is 2.84. The van der Waals surface area contributed by atoms with Crippen LogP contribution >= 0.6 is 0 Å². The highest BCUT2D eigenvalue weighted by molar-refractivity contribution is 5.91. The third kappa shape index (κ3) is 1.66. The highest BCUT2D eigenvalue weighted by Crippen LogP contribution is 2.41. The highest BCUT2D eigenvalue weighted by Gasteiger charge is 2.23. The summed E-state index contributed by atoms with van der Waals surface area (Å²) in [5, 5.41) is 7.84. The van der Waals surface area contributed by atoms with Crippen molar-refractivity contribution in [3.63, 3.8) is 0 Å². The molecule has 0 bridgehead atoms. The van der Waals surface area contributed by atoms with E-state index in [1.54, 1.807) is 6.20 Å². The summed E-state index contributed by atoms with van der Waals surface area (Å²) in [7, 11) is 0. The summed E-state index contributed by atoms with van der Waals surface area (Å²) in [4.78, 5) is 8.63. The molecule has 0 saturated heterocycles. The molecule has 3 N–H and O–H groups in total. The largest absolute Gasteiger partial charge is 0.368 e. The number of nitrogens with zero attached hydrogens (tertiary/aromatic N) is 3. The Kier molecular flexibility index (Phi) is 2.45. The molecule has 0 radical (unpaired) electrons. The van der Waals surface area contributed by atoms with E-state index in [9.17, 15) is 0 Å². The zero-order valence-electron chi connectivity index (χ0n) is 11.0. The number of hydrogen-bond donors (Lipinski definition) is 2. The summed E-state index contributed by atoms with van der Waals surface area (Å²) < 4.78 is 0. The molecular formula is C15H15N5. The van der Waals surface area contributed by atoms with Gasteiger partial charge in [-0.3, -0.25) is 5.10 Å². The first-order valence-electron chi connectivity index (χ1n) is 6.89. The second kappa shape index (κ2) is 4.30. The molecular weight excluding hydrogens is 250 g/mol. The van der Waals surface area contributed by atoms with E-state index in [1.807, 2.05) is 6.07 Å². The number of nitrogens with one attached hydrogen (secondary N) is 1. The molecule has 0 atom stereocenters. The van der Waals surface area contributed by atoms with Crippen molar-refractivity contribution in [2.24, 2.45) is 0 Å². The number of hydrogen-bond acceptors (Lipinski definition) is 4. The van der Waals surface area contributed by atoms with Gasteiger partial charge in [0.15, 0.2) is 5.65 Å². The van der Waals surface area contributed by atoms with Crippen LogP contribution < -0.4 is 5.73 Å². The number of aromatic amines is 1. The van der Waals surface area contributed by atoms with Crippen molar-refractivity contribution in [1.82, 2.24) is 20.2 Å². The van der Waals surface area contributed by atoms with Crippen molar-refractivity contribution in [2.45, 2.75) is 25.2 Å². The molecule has 0 aliphatic heterocycles. The van der Waals surface area contributed by atoms with Gasteiger partial charge in [-0.05, 0) is 24.3 Å². The van der Waals surface area contributed by atoms with Gasteiger partial charge in [-0.1, -0.05) is 30.7 Å². The SMILES string of the molecule is Nc1nc(-c2ccccc2C2CCC2)c2cn[nH]c2n1. The minimum atomic E-state index is 0.278. The van der Waals surface area contributed by atoms with Crippen molar-refractivity contribution >= 4 is 17.0 Å². The second-order valence-corrected chi connectivity index (χ2v) is 5.28. The van der Waals surface area contributed by atoms with Gasteiger partial charge >= 0.3 is 0 Å². The van der Waals surface area contributed by atoms with E-state index in [2.05, 4.69) is 38.4 Å². The molecule has 1 aliphatic carbocycles. The van der Waals surface area contributed by atoms with Crippen LogP contribution in [0, 0.1) is 0 Å². The van der Waals surface area contributed by atoms with Gasteiger partial charge in [0, 0.05) is 5.56 Å². The van der Waals surface area contributed by atoms with Crippen LogP contribution in [0.1, 0.15) is 30.7 Å². The van der Waals surface area contributed by atoms with Gasteiger partial charge in [0.1, 0.15) is 0 Å². The van der Waals surface area contributed by atoms with Gasteiger partial charge in [-0.25, -0.2) is 4.98 Å². The standard InChI is InChI=1S/C15H15N5/c16-15-18-13(12-8-17-20-14(12)19-15)11-7-2-1-6-10(11)9-4-3-5-9/h1-2,6-9H,3-5H2,(H3,16,17,18,19,20). The molecule has 5 nitrogen and oxygen atoms in total. The number of benzene rings is 1. The van der Waals surface area contributed by atoms with E-state index in [1.165, 1.54) is 24.8 Å². The minimum absolute atomic E-state index is 0.278. The first-order chi connectivity index (χ1) is 9.83. The van der Waals surface area contributed by atoms with Crippen LogP contribution in [0.4, 0.5) is 5.95 Å². The molecule has 5 heteroatoms. The number of fused-ring (bicyclic) bond motifs is 1. The summed E-state index contributed by atoms with van der Waals surface area (Å²) in [5.74, 6) is 0.921. The fourth-order valence-corrected chi connectivity index (χ4v) is 2.85. The minimum Gasteiger partial charge on any atom is -0.368 e. The summed E-state index contributed by atoms with van der Waals surface area (Å²) in [6.07, 6.45) is 5.59. The third-order valence-electron chi connectivity index (χ3n) is 4.09. The summed E-state index contributed by atoms with van der Waals surface area (Å²) in [6.45, 7) is 0. The maximum absolute atomic E-state index is 5.82. The Morgan fingerprint density at radius 2 is 2.00 bits per heavy atom. The number of anilines is 1. The first kappa shape index (κ1) is 11.4. The number of aromatic nitrogens is 4. The quantitative estimate of drug-likeness (QED) is 0.746. The first-order valence-corrected chi connectivity index (χ1v) is 6.89. The molecule has 1 fully saturated rings. The van der Waals surface area contributed by atoms with Gasteiger partial charge in [0.2, 0.25) is 5.95 Å². The van der Waals surface area contributed by atoms with Crippen molar-refractivity contribution < 1.29 is 0 Å². The Labute approximate surface area is 116 Å². The Bertz CT molecular complexity index is 773. The lowest BCUT2D eigenvalue weighted by Gasteiger charge is -2.27. The Balaban J connectivity index is 1.97. The van der Waals surface area contributed by atoms with Crippen LogP contribution in [0.25, 0.3) is 22.3 Å². The molecule has 20 heavy (non-hydrogen) atoms. The predicted octanol–water partition coefficient (Wildman–Crippen LogP) is 2.87. The molecule has 0 unspecified atom stereocenters. The number of H-pyrrole nitrogens is 1. The van der Waals surface area contributed by atoms with E-state index in [4.69, 9.17) is 5.73 Å². The monoisotopic (exact) mass is 265 g/mol. The van der Waals surface area contributed by atoms with Crippen LogP contribution in [-0.2, 0) is 0 Å². The normalized spacial score (nSPS) is 15.4. The van der Waals surface area contributed by atoms with Crippen molar-refractivity contribution in [2.75, 3.05) is 5.73 Å². The van der Waals surface area contributed by atoms with Gasteiger partial charge in [-0.15, -0.1) is 0 Å². The van der Waals surface area contributed by atoms with E-state index in [0.717, 1.165) is 16.6 Å². The van der Waals surface area contributed by atoms with Crippen molar-refractivity contribution in [1.29, 1.82) is 0 Å². The fourth-order valence-electron chi connectivity index (χ4n) is 2.85. The molecule has 4 rings (SSSR count). The lowest BCUT2D eigenvalue weighted by atomic mass is 9.77. The van der Waals surface area contributed by atoms with Crippen molar-refractivity contribution in [3.8, 4) is 11.3 Å². The highest BCUT2D eigenvalue weighted by atomic mass is 15.2. The van der Waals surface area contributed by atoms with Crippen molar-refractivity contribution in [3.05, 3.63) is 36.0 Å².